The molecule has 0 aromatic carbocycles. The van der Waals surface area contributed by atoms with Crippen LogP contribution in [0.15, 0.2) is 0 Å². The maximum absolute atomic E-state index is 14.7. The van der Waals surface area contributed by atoms with Gasteiger partial charge in [-0.05, 0) is 68.6 Å². The molecule has 0 aromatic heterocycles. The van der Waals surface area contributed by atoms with Gasteiger partial charge in [-0.3, -0.25) is 47.9 Å². The Labute approximate surface area is 478 Å². The van der Waals surface area contributed by atoms with Gasteiger partial charge in [-0.1, -0.05) is 128 Å². The van der Waals surface area contributed by atoms with Crippen LogP contribution in [0, 0.1) is 29.6 Å². The molecule has 0 unspecified atom stereocenters. The van der Waals surface area contributed by atoms with Crippen molar-refractivity contribution in [3.8, 4) is 0 Å². The lowest BCUT2D eigenvalue weighted by atomic mass is 9.98. The maximum atomic E-state index is 14.7. The van der Waals surface area contributed by atoms with Crippen molar-refractivity contribution in [1.29, 1.82) is 0 Å². The van der Waals surface area contributed by atoms with Gasteiger partial charge < -0.3 is 73.0 Å². The van der Waals surface area contributed by atoms with Crippen LogP contribution >= 0.6 is 0 Å². The lowest BCUT2D eigenvalue weighted by Gasteiger charge is -2.32. The van der Waals surface area contributed by atoms with Crippen LogP contribution < -0.4 is 47.9 Å². The molecule has 1 aliphatic rings. The molecule has 25 heteroatoms. The van der Waals surface area contributed by atoms with E-state index in [-0.39, 0.29) is 49.9 Å². The highest BCUT2D eigenvalue weighted by atomic mass is 16.5. The molecule has 1 aliphatic heterocycles. The van der Waals surface area contributed by atoms with Crippen molar-refractivity contribution in [2.45, 2.75) is 246 Å². The van der Waals surface area contributed by atoms with Gasteiger partial charge in [0.05, 0.1) is 25.7 Å². The van der Waals surface area contributed by atoms with Crippen LogP contribution in [0.1, 0.15) is 179 Å². The van der Waals surface area contributed by atoms with E-state index in [1.165, 1.54) is 6.92 Å². The number of aliphatic hydroxyl groups is 3. The van der Waals surface area contributed by atoms with Gasteiger partial charge >= 0.3 is 11.9 Å². The number of hydrogen-bond acceptors (Lipinski definition) is 15. The first-order valence-electron chi connectivity index (χ1n) is 29.0. The second-order valence-electron chi connectivity index (χ2n) is 23.1. The maximum Gasteiger partial charge on any atom is 0.329 e. The molecule has 81 heavy (non-hydrogen) atoms. The number of nitrogens with one attached hydrogen (secondary N) is 9. The zero-order chi connectivity index (χ0) is 61.7. The number of cyclic esters (lactones) is 1. The SMILES string of the molecule is CCCCCCCCC[C@H](O)CC(=O)N[C@@H](CC(C)C)C(=O)N[C@H](CCC(=O)O)C(=O)N[C@H]1C(=O)N[C@H](C(C)C)C(=O)N[C@@H](CC(C)C)C(=O)N[C@H](CO)C(=O)N[C@@H](CC(C)C)C(=O)N[C@H](CO)C(=O)N[C@@H]([C@@H](C)CC)C(=O)O[C@@H]1C. The summed E-state index contributed by atoms with van der Waals surface area (Å²) in [4.78, 5) is 152. The lowest BCUT2D eigenvalue weighted by molar-refractivity contribution is -0.158. The lowest BCUT2D eigenvalue weighted by Crippen LogP contribution is -2.64. The summed E-state index contributed by atoms with van der Waals surface area (Å²) < 4.78 is 5.83. The number of aliphatic carboxylic acids is 1. The molecule has 464 valence electrons. The molecule has 0 saturated carbocycles. The fourth-order valence-corrected chi connectivity index (χ4v) is 8.97. The molecule has 13 N–H and O–H groups in total. The van der Waals surface area contributed by atoms with E-state index in [0.29, 0.717) is 12.8 Å². The molecule has 0 bridgehead atoms. The minimum Gasteiger partial charge on any atom is -0.481 e. The highest BCUT2D eigenvalue weighted by molar-refractivity contribution is 5.99. The molecule has 1 heterocycles. The average molecular weight is 1150 g/mol. The summed E-state index contributed by atoms with van der Waals surface area (Å²) in [5.74, 6) is -13.4. The minimum atomic E-state index is -1.95. The van der Waals surface area contributed by atoms with E-state index in [0.717, 1.165) is 38.5 Å². The Kier molecular flexibility index (Phi) is 34.2. The minimum absolute atomic E-state index is 0.00994. The van der Waals surface area contributed by atoms with E-state index in [1.807, 2.05) is 0 Å². The zero-order valence-corrected chi connectivity index (χ0v) is 49.9. The summed E-state index contributed by atoms with van der Waals surface area (Å²) in [7, 11) is 0. The van der Waals surface area contributed by atoms with Crippen molar-refractivity contribution >= 4 is 65.1 Å². The smallest absolute Gasteiger partial charge is 0.329 e. The first-order chi connectivity index (χ1) is 38.0. The van der Waals surface area contributed by atoms with Crippen LogP contribution in [0.2, 0.25) is 0 Å². The number of esters is 1. The van der Waals surface area contributed by atoms with E-state index < -0.39 is 170 Å². The predicted molar refractivity (Wildman–Crippen MR) is 300 cm³/mol. The molecule has 0 aromatic rings. The monoisotopic (exact) mass is 1150 g/mol. The van der Waals surface area contributed by atoms with Crippen molar-refractivity contribution in [3.63, 3.8) is 0 Å². The van der Waals surface area contributed by atoms with Gasteiger partial charge in [-0.25, -0.2) is 4.79 Å². The molecular weight excluding hydrogens is 1050 g/mol. The Morgan fingerprint density at radius 1 is 0.568 bits per heavy atom. The summed E-state index contributed by atoms with van der Waals surface area (Å²) in [6, 6.07) is -14.1. The molecule has 25 nitrogen and oxygen atoms in total. The Morgan fingerprint density at radius 3 is 1.53 bits per heavy atom. The van der Waals surface area contributed by atoms with Crippen molar-refractivity contribution in [2.24, 2.45) is 29.6 Å². The summed E-state index contributed by atoms with van der Waals surface area (Å²) >= 11 is 0. The number of carboxylic acid groups (broad SMARTS) is 1. The third-order valence-corrected chi connectivity index (χ3v) is 13.9. The van der Waals surface area contributed by atoms with Crippen LogP contribution in [0.3, 0.4) is 0 Å². The summed E-state index contributed by atoms with van der Waals surface area (Å²) in [5.41, 5.74) is 0. The Bertz CT molecular complexity index is 2060. The number of hydrogen-bond donors (Lipinski definition) is 13. The number of carboxylic acids is 1. The van der Waals surface area contributed by atoms with Crippen molar-refractivity contribution in [3.05, 3.63) is 0 Å². The van der Waals surface area contributed by atoms with Crippen molar-refractivity contribution in [2.75, 3.05) is 13.2 Å². The largest absolute Gasteiger partial charge is 0.481 e. The molecule has 1 saturated heterocycles. The van der Waals surface area contributed by atoms with Crippen LogP contribution in [0.4, 0.5) is 0 Å². The van der Waals surface area contributed by atoms with E-state index in [2.05, 4.69) is 54.8 Å². The predicted octanol–water partition coefficient (Wildman–Crippen LogP) is 0.876. The van der Waals surface area contributed by atoms with Crippen molar-refractivity contribution < 1.29 is 77.9 Å². The highest BCUT2D eigenvalue weighted by Gasteiger charge is 2.40. The average Bonchev–Trinajstić information content (AvgIpc) is 3.41. The summed E-state index contributed by atoms with van der Waals surface area (Å²) in [6.45, 7) is 18.3. The van der Waals surface area contributed by atoms with Crippen LogP contribution in [0.25, 0.3) is 0 Å². The Balaban J connectivity index is 3.93. The Morgan fingerprint density at radius 2 is 1.05 bits per heavy atom. The number of carbonyl (C=O) groups excluding carboxylic acids is 10. The second kappa shape index (κ2) is 37.9. The van der Waals surface area contributed by atoms with Crippen LogP contribution in [0.5, 0.6) is 0 Å². The van der Waals surface area contributed by atoms with Gasteiger partial charge in [-0.15, -0.1) is 0 Å². The molecular formula is C56H99N9O16. The van der Waals surface area contributed by atoms with Gasteiger partial charge in [0.25, 0.3) is 0 Å². The molecule has 0 aliphatic carbocycles. The number of carbonyl (C=O) groups is 11. The first kappa shape index (κ1) is 73.1. The second-order valence-corrected chi connectivity index (χ2v) is 23.1. The molecule has 12 atom stereocenters. The standard InChI is InChI=1S/C56H99N9O16/c1-13-15-16-17-18-19-20-21-36(68)27-43(69)57-38(24-30(3)4)49(73)58-37(22-23-44(70)71)48(72)65-47-35(12)81-56(80)46(34(11)14-2)64-53(77)42(29-67)62-50(74)39(25-31(5)6)59-52(76)41(28-66)61-51(75)40(26-32(7)8)60-54(78)45(33(9)10)63-55(47)79/h30-42,45-47,66-68H,13-29H2,1-12H3,(H,57,69)(H,58,73)(H,59,76)(H,60,78)(H,61,75)(H,62,74)(H,63,79)(H,64,77)(H,65,72)(H,70,71)/t34-,35+,36-,37+,38-,39-,40-,41+,42+,45+,46-,47+/m0/s1. The highest BCUT2D eigenvalue weighted by Crippen LogP contribution is 2.17. The third-order valence-electron chi connectivity index (χ3n) is 13.9. The van der Waals surface area contributed by atoms with Gasteiger partial charge in [0.15, 0.2) is 0 Å². The number of rotatable bonds is 29. The van der Waals surface area contributed by atoms with E-state index in [1.54, 1.807) is 69.2 Å². The first-order valence-corrected chi connectivity index (χ1v) is 29.0. The molecule has 0 radical (unpaired) electrons. The fourth-order valence-electron chi connectivity index (χ4n) is 8.97. The molecule has 9 amide bonds. The van der Waals surface area contributed by atoms with E-state index in [9.17, 15) is 73.2 Å². The summed E-state index contributed by atoms with van der Waals surface area (Å²) in [6.07, 6.45) is 3.49. The van der Waals surface area contributed by atoms with Crippen LogP contribution in [-0.2, 0) is 57.5 Å². The number of aliphatic hydroxyl groups excluding tert-OH is 3. The number of unbranched alkanes of at least 4 members (excludes halogenated alkanes) is 6. The molecule has 0 spiro atoms. The van der Waals surface area contributed by atoms with Gasteiger partial charge in [0, 0.05) is 6.42 Å². The Hall–Kier alpha value is -5.95. The van der Waals surface area contributed by atoms with Crippen molar-refractivity contribution in [1.82, 2.24) is 47.9 Å². The topological polar surface area (TPSA) is 386 Å². The fraction of sp³-hybridized carbons (Fsp3) is 0.804. The normalized spacial score (nSPS) is 23.7. The third kappa shape index (κ3) is 27.6. The van der Waals surface area contributed by atoms with Gasteiger partial charge in [0.1, 0.15) is 60.5 Å². The quantitative estimate of drug-likeness (QED) is 0.0365. The zero-order valence-electron chi connectivity index (χ0n) is 49.9. The summed E-state index contributed by atoms with van der Waals surface area (Å²) in [5, 5.41) is 63.7. The van der Waals surface area contributed by atoms with Gasteiger partial charge in [0.2, 0.25) is 53.2 Å². The number of amides is 9. The number of ether oxygens (including phenoxy) is 1. The molecule has 1 fully saturated rings. The van der Waals surface area contributed by atoms with E-state index in [4.69, 9.17) is 4.74 Å². The molecule has 1 rings (SSSR count). The van der Waals surface area contributed by atoms with E-state index >= 15 is 0 Å². The van der Waals surface area contributed by atoms with Gasteiger partial charge in [-0.2, -0.15) is 0 Å². The van der Waals surface area contributed by atoms with Crippen LogP contribution in [-0.4, -0.2) is 165 Å².